The molecule has 0 saturated carbocycles. The van der Waals surface area contributed by atoms with Crippen molar-refractivity contribution in [2.75, 3.05) is 0 Å². The Balaban J connectivity index is 1.96. The van der Waals surface area contributed by atoms with Gasteiger partial charge in [0.25, 0.3) is 0 Å². The van der Waals surface area contributed by atoms with Gasteiger partial charge in [-0.1, -0.05) is 53.5 Å². The van der Waals surface area contributed by atoms with Gasteiger partial charge in [-0.15, -0.1) is 0 Å². The fourth-order valence-corrected chi connectivity index (χ4v) is 3.33. The first kappa shape index (κ1) is 20.8. The molecule has 6 heteroatoms. The Kier molecular flexibility index (Phi) is 6.47. The van der Waals surface area contributed by atoms with Gasteiger partial charge in [-0.3, -0.25) is 14.4 Å². The highest BCUT2D eigenvalue weighted by atomic mass is 35.5. The molecule has 0 radical (unpaired) electrons. The summed E-state index contributed by atoms with van der Waals surface area (Å²) in [7, 11) is 0. The first-order valence-corrected chi connectivity index (χ1v) is 9.53. The van der Waals surface area contributed by atoms with Crippen molar-refractivity contribution in [3.63, 3.8) is 0 Å². The zero-order valence-corrected chi connectivity index (χ0v) is 16.7. The van der Waals surface area contributed by atoms with Crippen molar-refractivity contribution < 1.29 is 19.5 Å². The number of ketones is 2. The zero-order valence-electron chi connectivity index (χ0n) is 15.1. The number of halogens is 2. The zero-order chi connectivity index (χ0) is 21.0. The van der Waals surface area contributed by atoms with Crippen molar-refractivity contribution in [3.05, 3.63) is 105 Å². The highest BCUT2D eigenvalue weighted by Crippen LogP contribution is 2.26. The van der Waals surface area contributed by atoms with E-state index in [1.807, 2.05) is 0 Å². The number of carbonyl (C=O) groups is 3. The topological polar surface area (TPSA) is 71.4 Å². The molecule has 3 rings (SSSR count). The van der Waals surface area contributed by atoms with E-state index in [0.29, 0.717) is 21.2 Å². The van der Waals surface area contributed by atoms with Crippen LogP contribution in [0.1, 0.15) is 44.2 Å². The van der Waals surface area contributed by atoms with Crippen molar-refractivity contribution >= 4 is 40.7 Å². The molecule has 0 aliphatic rings. The van der Waals surface area contributed by atoms with Gasteiger partial charge in [0.15, 0.2) is 11.6 Å². The minimum absolute atomic E-state index is 0.127. The number of carboxylic acid groups (broad SMARTS) is 1. The second kappa shape index (κ2) is 9.03. The number of rotatable bonds is 7. The van der Waals surface area contributed by atoms with Gasteiger partial charge in [0.2, 0.25) is 0 Å². The van der Waals surface area contributed by atoms with Crippen LogP contribution >= 0.6 is 23.2 Å². The molecule has 3 aromatic carbocycles. The van der Waals surface area contributed by atoms with Crippen molar-refractivity contribution in [2.24, 2.45) is 0 Å². The Morgan fingerprint density at radius 3 is 2.03 bits per heavy atom. The van der Waals surface area contributed by atoms with Crippen LogP contribution in [0.15, 0.2) is 72.8 Å². The third kappa shape index (κ3) is 4.91. The summed E-state index contributed by atoms with van der Waals surface area (Å²) >= 11 is 11.9. The van der Waals surface area contributed by atoms with Gasteiger partial charge < -0.3 is 5.11 Å². The van der Waals surface area contributed by atoms with Gasteiger partial charge in [-0.05, 0) is 48.0 Å². The number of benzene rings is 3. The van der Waals surface area contributed by atoms with E-state index in [2.05, 4.69) is 0 Å². The third-order valence-corrected chi connectivity index (χ3v) is 5.01. The Hall–Kier alpha value is -2.95. The van der Waals surface area contributed by atoms with Crippen molar-refractivity contribution in [1.29, 1.82) is 0 Å². The van der Waals surface area contributed by atoms with Crippen LogP contribution in [0.5, 0.6) is 0 Å². The molecule has 0 saturated heterocycles. The molecule has 1 N–H and O–H groups in total. The van der Waals surface area contributed by atoms with E-state index in [-0.39, 0.29) is 23.3 Å². The summed E-state index contributed by atoms with van der Waals surface area (Å²) in [6.45, 7) is 0. The monoisotopic (exact) mass is 426 g/mol. The van der Waals surface area contributed by atoms with Crippen LogP contribution in [-0.2, 0) is 4.79 Å². The van der Waals surface area contributed by atoms with Gasteiger partial charge in [-0.2, -0.15) is 0 Å². The molecule has 0 spiro atoms. The maximum atomic E-state index is 13.0. The van der Waals surface area contributed by atoms with E-state index in [1.54, 1.807) is 54.6 Å². The summed E-state index contributed by atoms with van der Waals surface area (Å²) in [5.74, 6) is -2.96. The van der Waals surface area contributed by atoms with Gasteiger partial charge >= 0.3 is 5.97 Å². The largest absolute Gasteiger partial charge is 0.481 e. The van der Waals surface area contributed by atoms with Crippen LogP contribution in [0.3, 0.4) is 0 Å². The number of aliphatic carboxylic acids is 1. The third-order valence-electron chi connectivity index (χ3n) is 4.52. The quantitative estimate of drug-likeness (QED) is 0.494. The van der Waals surface area contributed by atoms with Gasteiger partial charge in [0.1, 0.15) is 0 Å². The maximum Gasteiger partial charge on any atom is 0.311 e. The fraction of sp³-hybridized carbons (Fsp3) is 0.0870. The van der Waals surface area contributed by atoms with Crippen molar-refractivity contribution in [2.45, 2.75) is 12.3 Å². The van der Waals surface area contributed by atoms with E-state index in [0.717, 1.165) is 0 Å². The Bertz CT molecular complexity index is 1060. The average molecular weight is 427 g/mol. The molecule has 1 atom stereocenters. The Morgan fingerprint density at radius 1 is 0.793 bits per heavy atom. The molecule has 0 bridgehead atoms. The summed E-state index contributed by atoms with van der Waals surface area (Å²) < 4.78 is 0. The highest BCUT2D eigenvalue weighted by molar-refractivity contribution is 6.32. The fourth-order valence-electron chi connectivity index (χ4n) is 3.03. The highest BCUT2D eigenvalue weighted by Gasteiger charge is 2.26. The molecule has 146 valence electrons. The minimum atomic E-state index is -1.11. The van der Waals surface area contributed by atoms with Gasteiger partial charge in [0.05, 0.1) is 5.92 Å². The lowest BCUT2D eigenvalue weighted by Crippen LogP contribution is -2.18. The molecule has 0 aliphatic heterocycles. The number of carboxylic acids is 1. The van der Waals surface area contributed by atoms with Crippen LogP contribution in [0.2, 0.25) is 10.0 Å². The lowest BCUT2D eigenvalue weighted by molar-refractivity contribution is -0.138. The van der Waals surface area contributed by atoms with Gasteiger partial charge in [-0.25, -0.2) is 0 Å². The molecule has 29 heavy (non-hydrogen) atoms. The smallest absolute Gasteiger partial charge is 0.311 e. The first-order chi connectivity index (χ1) is 13.9. The predicted octanol–water partition coefficient (Wildman–Crippen LogP) is 5.67. The summed E-state index contributed by atoms with van der Waals surface area (Å²) in [4.78, 5) is 37.7. The summed E-state index contributed by atoms with van der Waals surface area (Å²) in [6, 6.07) is 19.2. The molecular formula is C23H16Cl2O4. The number of Topliss-reactive ketones (excluding diaryl/α,β-unsaturated/α-hetero) is 1. The lowest BCUT2D eigenvalue weighted by atomic mass is 9.88. The Morgan fingerprint density at radius 2 is 1.41 bits per heavy atom. The standard InChI is InChI=1S/C23H16Cl2O4/c24-16-8-6-15(7-9-16)22(27)20-12-17(25)10-11-18(20)21(26)13-19(23(28)29)14-4-2-1-3-5-14/h1-12,19H,13H2,(H,28,29). The van der Waals surface area contributed by atoms with E-state index in [1.165, 1.54) is 18.2 Å². The minimum Gasteiger partial charge on any atom is -0.481 e. The molecule has 4 nitrogen and oxygen atoms in total. The molecule has 0 amide bonds. The molecular weight excluding hydrogens is 411 g/mol. The van der Waals surface area contributed by atoms with Crippen LogP contribution in [0.4, 0.5) is 0 Å². The van der Waals surface area contributed by atoms with Crippen LogP contribution in [-0.4, -0.2) is 22.6 Å². The second-order valence-corrected chi connectivity index (χ2v) is 7.33. The maximum absolute atomic E-state index is 13.0. The molecule has 3 aromatic rings. The van der Waals surface area contributed by atoms with E-state index in [4.69, 9.17) is 23.2 Å². The molecule has 1 unspecified atom stereocenters. The molecule has 0 aliphatic carbocycles. The molecule has 0 heterocycles. The predicted molar refractivity (Wildman–Crippen MR) is 112 cm³/mol. The average Bonchev–Trinajstić information content (AvgIpc) is 2.72. The SMILES string of the molecule is O=C(CC(C(=O)O)c1ccccc1)c1ccc(Cl)cc1C(=O)c1ccc(Cl)cc1. The van der Waals surface area contributed by atoms with Crippen LogP contribution in [0, 0.1) is 0 Å². The summed E-state index contributed by atoms with van der Waals surface area (Å²) in [6.07, 6.45) is -0.276. The van der Waals surface area contributed by atoms with E-state index < -0.39 is 17.7 Å². The summed E-state index contributed by atoms with van der Waals surface area (Å²) in [5.41, 5.74) is 1.13. The molecule has 0 aromatic heterocycles. The summed E-state index contributed by atoms with van der Waals surface area (Å²) in [5, 5.41) is 10.4. The Labute approximate surface area is 177 Å². The van der Waals surface area contributed by atoms with E-state index in [9.17, 15) is 19.5 Å². The van der Waals surface area contributed by atoms with Crippen molar-refractivity contribution in [3.8, 4) is 0 Å². The molecule has 0 fully saturated rings. The lowest BCUT2D eigenvalue weighted by Gasteiger charge is -2.14. The van der Waals surface area contributed by atoms with Crippen LogP contribution in [0.25, 0.3) is 0 Å². The number of hydrogen-bond acceptors (Lipinski definition) is 3. The number of hydrogen-bond donors (Lipinski definition) is 1. The first-order valence-electron chi connectivity index (χ1n) is 8.77. The van der Waals surface area contributed by atoms with Gasteiger partial charge in [0, 0.05) is 33.2 Å². The number of carbonyl (C=O) groups excluding carboxylic acids is 2. The van der Waals surface area contributed by atoms with Crippen LogP contribution < -0.4 is 0 Å². The van der Waals surface area contributed by atoms with Crippen molar-refractivity contribution in [1.82, 2.24) is 0 Å². The van der Waals surface area contributed by atoms with E-state index >= 15 is 0 Å². The second-order valence-electron chi connectivity index (χ2n) is 6.45. The normalized spacial score (nSPS) is 11.7.